The van der Waals surface area contributed by atoms with Crippen LogP contribution in [0.15, 0.2) is 4.90 Å². The van der Waals surface area contributed by atoms with E-state index < -0.39 is 16.0 Å². The first-order chi connectivity index (χ1) is 9.83. The molecule has 1 aromatic heterocycles. The van der Waals surface area contributed by atoms with Crippen molar-refractivity contribution in [1.82, 2.24) is 9.71 Å². The first-order valence-corrected chi connectivity index (χ1v) is 8.31. The van der Waals surface area contributed by atoms with Gasteiger partial charge in [-0.2, -0.15) is 0 Å². The number of hydrogen-bond donors (Lipinski definition) is 3. The summed E-state index contributed by atoms with van der Waals surface area (Å²) in [7, 11) is -3.71. The Kier molecular flexibility index (Phi) is 4.70. The lowest BCUT2D eigenvalue weighted by Crippen LogP contribution is -2.27. The number of ether oxygens (including phenoxy) is 1. The molecule has 8 heteroatoms. The van der Waals surface area contributed by atoms with Gasteiger partial charge in [0.1, 0.15) is 10.6 Å². The molecule has 3 N–H and O–H groups in total. The van der Waals surface area contributed by atoms with Gasteiger partial charge in [-0.15, -0.1) is 0 Å². The molecule has 1 aliphatic heterocycles. The van der Waals surface area contributed by atoms with E-state index in [0.29, 0.717) is 31.2 Å². The van der Waals surface area contributed by atoms with Crippen molar-refractivity contribution in [3.8, 4) is 0 Å². The summed E-state index contributed by atoms with van der Waals surface area (Å²) >= 11 is 0. The zero-order chi connectivity index (χ0) is 15.6. The van der Waals surface area contributed by atoms with Gasteiger partial charge in [0.2, 0.25) is 10.0 Å². The molecule has 1 aromatic rings. The van der Waals surface area contributed by atoms with E-state index in [1.807, 2.05) is 0 Å². The second-order valence-electron chi connectivity index (χ2n) is 5.30. The number of hydrogen-bond acceptors (Lipinski definition) is 4. The van der Waals surface area contributed by atoms with Crippen LogP contribution in [0.2, 0.25) is 0 Å². The molecular formula is C13H20N2O5S. The Morgan fingerprint density at radius 2 is 2.19 bits per heavy atom. The second-order valence-corrected chi connectivity index (χ2v) is 7.00. The average Bonchev–Trinajstić information content (AvgIpc) is 2.97. The fourth-order valence-electron chi connectivity index (χ4n) is 2.63. The van der Waals surface area contributed by atoms with Crippen LogP contribution in [0, 0.1) is 19.8 Å². The third-order valence-corrected chi connectivity index (χ3v) is 5.45. The zero-order valence-corrected chi connectivity index (χ0v) is 12.9. The molecule has 0 radical (unpaired) electrons. The van der Waals surface area contributed by atoms with Crippen molar-refractivity contribution in [2.24, 2.45) is 5.92 Å². The highest BCUT2D eigenvalue weighted by Crippen LogP contribution is 2.23. The number of carboxylic acid groups (broad SMARTS) is 1. The minimum Gasteiger partial charge on any atom is -0.477 e. The number of rotatable bonds is 6. The molecule has 0 bridgehead atoms. The number of carboxylic acids is 1. The monoisotopic (exact) mass is 316 g/mol. The zero-order valence-electron chi connectivity index (χ0n) is 12.1. The van der Waals surface area contributed by atoms with Gasteiger partial charge in [0.05, 0.1) is 0 Å². The van der Waals surface area contributed by atoms with E-state index in [2.05, 4.69) is 9.71 Å². The van der Waals surface area contributed by atoms with Crippen LogP contribution >= 0.6 is 0 Å². The van der Waals surface area contributed by atoms with Gasteiger partial charge >= 0.3 is 5.97 Å². The van der Waals surface area contributed by atoms with Crippen molar-refractivity contribution in [3.05, 3.63) is 17.0 Å². The molecule has 1 fully saturated rings. The first-order valence-electron chi connectivity index (χ1n) is 6.82. The summed E-state index contributed by atoms with van der Waals surface area (Å²) in [5, 5.41) is 9.03. The average molecular weight is 316 g/mol. The number of aromatic carboxylic acids is 1. The van der Waals surface area contributed by atoms with Gasteiger partial charge in [0, 0.05) is 31.0 Å². The summed E-state index contributed by atoms with van der Waals surface area (Å²) < 4.78 is 32.4. The van der Waals surface area contributed by atoms with Crippen LogP contribution in [0.4, 0.5) is 0 Å². The summed E-state index contributed by atoms with van der Waals surface area (Å²) in [6.07, 6.45) is 1.67. The highest BCUT2D eigenvalue weighted by atomic mass is 32.2. The molecule has 1 atom stereocenters. The lowest BCUT2D eigenvalue weighted by atomic mass is 10.1. The molecule has 0 amide bonds. The molecule has 0 saturated carbocycles. The molecule has 2 rings (SSSR count). The van der Waals surface area contributed by atoms with E-state index >= 15 is 0 Å². The normalized spacial score (nSPS) is 19.0. The van der Waals surface area contributed by atoms with E-state index in [4.69, 9.17) is 9.84 Å². The van der Waals surface area contributed by atoms with Crippen molar-refractivity contribution in [1.29, 1.82) is 0 Å². The van der Waals surface area contributed by atoms with Gasteiger partial charge in [-0.05, 0) is 32.6 Å². The van der Waals surface area contributed by atoms with Gasteiger partial charge in [-0.25, -0.2) is 17.9 Å². The Morgan fingerprint density at radius 3 is 2.71 bits per heavy atom. The fourth-order valence-corrected chi connectivity index (χ4v) is 4.12. The van der Waals surface area contributed by atoms with Crippen LogP contribution in [0.25, 0.3) is 0 Å². The quantitative estimate of drug-likeness (QED) is 0.726. The smallest absolute Gasteiger partial charge is 0.352 e. The van der Waals surface area contributed by atoms with Crippen LogP contribution in [0.3, 0.4) is 0 Å². The van der Waals surface area contributed by atoms with Crippen molar-refractivity contribution < 1.29 is 23.1 Å². The third kappa shape index (κ3) is 3.45. The Balaban J connectivity index is 2.10. The van der Waals surface area contributed by atoms with Gasteiger partial charge < -0.3 is 14.8 Å². The molecule has 0 aromatic carbocycles. The Hall–Kier alpha value is -1.38. The molecule has 0 spiro atoms. The summed E-state index contributed by atoms with van der Waals surface area (Å²) in [6, 6.07) is 0. The lowest BCUT2D eigenvalue weighted by molar-refractivity contribution is 0.0690. The van der Waals surface area contributed by atoms with E-state index in [9.17, 15) is 13.2 Å². The first kappa shape index (κ1) is 16.0. The predicted octanol–water partition coefficient (Wildman–Crippen LogP) is 1.03. The SMILES string of the molecule is Cc1[nH]c(C(=O)O)c(C)c1S(=O)(=O)NCCC1CCOC1. The van der Waals surface area contributed by atoms with Crippen molar-refractivity contribution in [2.45, 2.75) is 31.6 Å². The van der Waals surface area contributed by atoms with Gasteiger partial charge in [0.15, 0.2) is 0 Å². The van der Waals surface area contributed by atoms with Crippen LogP contribution in [-0.4, -0.2) is 44.2 Å². The number of aromatic nitrogens is 1. The molecule has 1 saturated heterocycles. The molecule has 0 aliphatic carbocycles. The van der Waals surface area contributed by atoms with E-state index in [1.54, 1.807) is 6.92 Å². The van der Waals surface area contributed by atoms with Crippen LogP contribution < -0.4 is 4.72 Å². The van der Waals surface area contributed by atoms with Crippen molar-refractivity contribution in [3.63, 3.8) is 0 Å². The minimum atomic E-state index is -3.71. The number of aryl methyl sites for hydroxylation is 1. The standard InChI is InChI=1S/C13H20N2O5S/c1-8-11(13(16)17)15-9(2)12(8)21(18,19)14-5-3-10-4-6-20-7-10/h10,14-15H,3-7H2,1-2H3,(H,16,17). The van der Waals surface area contributed by atoms with Crippen LogP contribution in [0.5, 0.6) is 0 Å². The van der Waals surface area contributed by atoms with Crippen molar-refractivity contribution >= 4 is 16.0 Å². The van der Waals surface area contributed by atoms with Gasteiger partial charge in [-0.3, -0.25) is 0 Å². The number of aromatic amines is 1. The van der Waals surface area contributed by atoms with Crippen LogP contribution in [0.1, 0.15) is 34.6 Å². The number of carbonyl (C=O) groups is 1. The molecule has 1 aliphatic rings. The van der Waals surface area contributed by atoms with Gasteiger partial charge in [0.25, 0.3) is 0 Å². The third-order valence-electron chi connectivity index (χ3n) is 3.72. The van der Waals surface area contributed by atoms with Crippen LogP contribution in [-0.2, 0) is 14.8 Å². The minimum absolute atomic E-state index is 0.0302. The topological polar surface area (TPSA) is 108 Å². The Labute approximate surface area is 123 Å². The molecular weight excluding hydrogens is 296 g/mol. The predicted molar refractivity (Wildman–Crippen MR) is 76.0 cm³/mol. The number of nitrogens with one attached hydrogen (secondary N) is 2. The highest BCUT2D eigenvalue weighted by molar-refractivity contribution is 7.89. The number of sulfonamides is 1. The molecule has 2 heterocycles. The summed E-state index contributed by atoms with van der Waals surface area (Å²) in [6.45, 7) is 4.77. The lowest BCUT2D eigenvalue weighted by Gasteiger charge is -2.10. The van der Waals surface area contributed by atoms with E-state index in [0.717, 1.165) is 13.0 Å². The largest absolute Gasteiger partial charge is 0.477 e. The van der Waals surface area contributed by atoms with E-state index in [-0.39, 0.29) is 16.2 Å². The molecule has 1 unspecified atom stereocenters. The maximum atomic E-state index is 12.3. The summed E-state index contributed by atoms with van der Waals surface area (Å²) in [5.74, 6) is -0.782. The second kappa shape index (κ2) is 6.17. The summed E-state index contributed by atoms with van der Waals surface area (Å²) in [5.41, 5.74) is 0.482. The molecule has 7 nitrogen and oxygen atoms in total. The fraction of sp³-hybridized carbons (Fsp3) is 0.615. The highest BCUT2D eigenvalue weighted by Gasteiger charge is 2.26. The molecule has 118 valence electrons. The summed E-state index contributed by atoms with van der Waals surface area (Å²) in [4.78, 5) is 13.7. The number of H-pyrrole nitrogens is 1. The van der Waals surface area contributed by atoms with E-state index in [1.165, 1.54) is 6.92 Å². The Bertz CT molecular complexity index is 629. The maximum Gasteiger partial charge on any atom is 0.352 e. The maximum absolute atomic E-state index is 12.3. The Morgan fingerprint density at radius 1 is 1.48 bits per heavy atom. The van der Waals surface area contributed by atoms with Crippen molar-refractivity contribution in [2.75, 3.05) is 19.8 Å². The van der Waals surface area contributed by atoms with Gasteiger partial charge in [-0.1, -0.05) is 0 Å². The molecule has 21 heavy (non-hydrogen) atoms.